The molecule has 0 N–H and O–H groups in total. The summed E-state index contributed by atoms with van der Waals surface area (Å²) in [6.07, 6.45) is 0. The van der Waals surface area contributed by atoms with Crippen LogP contribution in [0.4, 0.5) is 0 Å². The van der Waals surface area contributed by atoms with E-state index < -0.39 is 31.8 Å². The summed E-state index contributed by atoms with van der Waals surface area (Å²) in [5, 5.41) is 0. The van der Waals surface area contributed by atoms with Gasteiger partial charge in [-0.15, -0.1) is 0 Å². The fourth-order valence-corrected chi connectivity index (χ4v) is 0. The topological polar surface area (TPSA) is 68.3 Å². The van der Waals surface area contributed by atoms with Gasteiger partial charge in [0.25, 0.3) is 0 Å². The third kappa shape index (κ3) is 40.7. The first kappa shape index (κ1) is 10.7. The SMILES string of the molecule is [O]=[Ce].[O]=[Er](=[O])=[O]. The second kappa shape index (κ2) is 9.95. The summed E-state index contributed by atoms with van der Waals surface area (Å²) in [6, 6.07) is 0. The molecule has 0 rings (SSSR count). The van der Waals surface area contributed by atoms with Gasteiger partial charge in [0.05, 0.1) is 0 Å². The van der Waals surface area contributed by atoms with Crippen molar-refractivity contribution in [2.75, 3.05) is 0 Å². The van der Waals surface area contributed by atoms with E-state index in [2.05, 4.69) is 0 Å². The van der Waals surface area contributed by atoms with E-state index in [0.717, 1.165) is 0 Å². The van der Waals surface area contributed by atoms with Crippen LogP contribution in [0.25, 0.3) is 0 Å². The van der Waals surface area contributed by atoms with Gasteiger partial charge in [-0.1, -0.05) is 0 Å². The predicted molar refractivity (Wildman–Crippen MR) is 2.75 cm³/mol. The zero-order chi connectivity index (χ0) is 5.58. The van der Waals surface area contributed by atoms with Gasteiger partial charge in [0.1, 0.15) is 0 Å². The van der Waals surface area contributed by atoms with Crippen LogP contribution in [-0.4, -0.2) is 0 Å². The van der Waals surface area contributed by atoms with Gasteiger partial charge < -0.3 is 0 Å². The molecule has 0 aliphatic carbocycles. The first-order chi connectivity index (χ1) is 2.73. The molecule has 0 saturated carbocycles. The molecule has 0 heterocycles. The van der Waals surface area contributed by atoms with Crippen LogP contribution in [0.5, 0.6) is 0 Å². The Bertz CT molecular complexity index is 87.7. The molecular weight excluding hydrogens is 371 g/mol. The molecular formula is CeErO4. The minimum atomic E-state index is -3.89. The van der Waals surface area contributed by atoms with Gasteiger partial charge in [0, 0.05) is 0 Å². The van der Waals surface area contributed by atoms with Crippen LogP contribution in [0.15, 0.2) is 0 Å². The Balaban J connectivity index is 0. The van der Waals surface area contributed by atoms with E-state index in [1.165, 1.54) is 0 Å². The summed E-state index contributed by atoms with van der Waals surface area (Å²) < 4.78 is 34.1. The van der Waals surface area contributed by atoms with E-state index in [4.69, 9.17) is 5.40 Å². The molecule has 6 heteroatoms. The van der Waals surface area contributed by atoms with E-state index in [1.807, 2.05) is 0 Å². The fourth-order valence-electron chi connectivity index (χ4n) is 0. The molecule has 40 valence electrons. The first-order valence-corrected chi connectivity index (χ1v) is 4.11. The molecule has 0 bridgehead atoms. The molecule has 0 atom stereocenters. The minimum absolute atomic E-state index is 0.0556. The average Bonchev–Trinajstić information content (AvgIpc) is 1.41. The van der Waals surface area contributed by atoms with Crippen molar-refractivity contribution < 1.29 is 77.0 Å². The van der Waals surface area contributed by atoms with E-state index in [0.29, 0.717) is 0 Å². The van der Waals surface area contributed by atoms with Crippen molar-refractivity contribution in [3.63, 3.8) is 0 Å². The van der Waals surface area contributed by atoms with Crippen LogP contribution in [0.1, 0.15) is 0 Å². The summed E-state index contributed by atoms with van der Waals surface area (Å²) in [5.74, 6) is 0. The summed E-state index contributed by atoms with van der Waals surface area (Å²) in [5.41, 5.74) is 0. The van der Waals surface area contributed by atoms with E-state index >= 15 is 0 Å². The standard InChI is InChI=1S/Ce.Er.4O. The van der Waals surface area contributed by atoms with Crippen LogP contribution >= 0.6 is 0 Å². The molecule has 0 aliphatic rings. The fraction of sp³-hybridized carbons (Fsp3) is 0. The van der Waals surface area contributed by atoms with Crippen LogP contribution in [0.3, 0.4) is 0 Å². The van der Waals surface area contributed by atoms with E-state index in [-0.39, 0.29) is 39.8 Å². The Labute approximate surface area is 74.9 Å². The molecule has 0 radical (unpaired) electrons. The summed E-state index contributed by atoms with van der Waals surface area (Å²) in [4.78, 5) is 0. The van der Waals surface area contributed by atoms with Crippen molar-refractivity contribution in [2.24, 2.45) is 0 Å². The van der Waals surface area contributed by atoms with Gasteiger partial charge in [0.2, 0.25) is 0 Å². The summed E-state index contributed by atoms with van der Waals surface area (Å²) in [6.45, 7) is 0. The molecule has 0 aromatic rings. The van der Waals surface area contributed by atoms with Crippen LogP contribution in [-0.2, 0) is 5.40 Å². The van der Waals surface area contributed by atoms with Crippen molar-refractivity contribution in [3.05, 3.63) is 0 Å². The van der Waals surface area contributed by atoms with Crippen molar-refractivity contribution in [3.8, 4) is 0 Å². The van der Waals surface area contributed by atoms with Gasteiger partial charge in [0.15, 0.2) is 0 Å². The van der Waals surface area contributed by atoms with Crippen molar-refractivity contribution in [1.29, 1.82) is 0 Å². The Morgan fingerprint density at radius 3 is 1.00 bits per heavy atom. The summed E-state index contributed by atoms with van der Waals surface area (Å²) >= 11 is -3.83. The van der Waals surface area contributed by atoms with Gasteiger partial charge in [-0.3, -0.25) is 0 Å². The molecule has 0 amide bonds. The Kier molecular flexibility index (Phi) is 17.8. The van der Waals surface area contributed by atoms with Crippen molar-refractivity contribution in [2.45, 2.75) is 0 Å². The van der Waals surface area contributed by atoms with Gasteiger partial charge in [-0.25, -0.2) is 0 Å². The summed E-state index contributed by atoms with van der Waals surface area (Å²) in [7, 11) is 0. The molecule has 0 spiro atoms. The number of hydrogen-bond donors (Lipinski definition) is 0. The monoisotopic (exact) mass is 370 g/mol. The zero-order valence-corrected chi connectivity index (χ0v) is 7.41. The maximum atomic E-state index is 8.56. The zero-order valence-electron chi connectivity index (χ0n) is 2.42. The van der Waals surface area contributed by atoms with Crippen LogP contribution in [0, 0.1) is 71.6 Å². The Morgan fingerprint density at radius 1 is 1.00 bits per heavy atom. The Hall–Kier alpha value is 1.82. The molecule has 0 aromatic carbocycles. The second-order valence-electron chi connectivity index (χ2n) is 0.144. The van der Waals surface area contributed by atoms with Gasteiger partial charge in [-0.05, 0) is 0 Å². The van der Waals surface area contributed by atoms with Crippen molar-refractivity contribution in [1.82, 2.24) is 0 Å². The molecule has 0 saturated heterocycles. The second-order valence-corrected chi connectivity index (χ2v) is 1.07. The van der Waals surface area contributed by atoms with Crippen molar-refractivity contribution >= 4 is 0 Å². The first-order valence-electron chi connectivity index (χ1n) is 0.558. The third-order valence-electron chi connectivity index (χ3n) is 0. The quantitative estimate of drug-likeness (QED) is 0.577. The molecule has 0 aliphatic heterocycles. The number of hydrogen-bond acceptors (Lipinski definition) is 4. The average molecular weight is 371 g/mol. The maximum absolute atomic E-state index is 8.56. The number of rotatable bonds is 0. The molecule has 4 nitrogen and oxygen atoms in total. The molecule has 0 fully saturated rings. The van der Waals surface area contributed by atoms with Gasteiger partial charge >= 0.3 is 77.0 Å². The van der Waals surface area contributed by atoms with E-state index in [9.17, 15) is 0 Å². The van der Waals surface area contributed by atoms with Gasteiger partial charge in [-0.2, -0.15) is 0 Å². The normalized spacial score (nSPS) is 7.50. The van der Waals surface area contributed by atoms with Crippen LogP contribution in [0.2, 0.25) is 0 Å². The van der Waals surface area contributed by atoms with E-state index in [1.54, 1.807) is 0 Å². The Morgan fingerprint density at radius 2 is 1.00 bits per heavy atom. The predicted octanol–water partition coefficient (Wildman–Crippen LogP) is -0.475. The molecule has 6 heavy (non-hydrogen) atoms. The molecule has 0 aromatic heterocycles. The third-order valence-corrected chi connectivity index (χ3v) is 0. The molecule has 0 unspecified atom stereocenters. The van der Waals surface area contributed by atoms with Crippen LogP contribution < -0.4 is 0 Å².